The van der Waals surface area contributed by atoms with Crippen molar-refractivity contribution in [2.45, 2.75) is 13.0 Å². The molecule has 0 radical (unpaired) electrons. The molecule has 0 aliphatic heterocycles. The zero-order valence-corrected chi connectivity index (χ0v) is 8.90. The van der Waals surface area contributed by atoms with Crippen LogP contribution in [0.1, 0.15) is 15.9 Å². The minimum atomic E-state index is -0.959. The van der Waals surface area contributed by atoms with Crippen LogP contribution in [0.4, 0.5) is 5.69 Å². The predicted molar refractivity (Wildman–Crippen MR) is 61.5 cm³/mol. The Morgan fingerprint density at radius 3 is 2.75 bits per heavy atom. The van der Waals surface area contributed by atoms with E-state index in [0.717, 1.165) is 0 Å². The number of rotatable bonds is 4. The van der Waals surface area contributed by atoms with Crippen molar-refractivity contribution < 1.29 is 15.0 Å². The van der Waals surface area contributed by atoms with Crippen LogP contribution in [0.15, 0.2) is 18.2 Å². The molecule has 0 fully saturated rings. The molecule has 1 aromatic rings. The van der Waals surface area contributed by atoms with Crippen LogP contribution >= 0.6 is 0 Å². The zero-order chi connectivity index (χ0) is 12.1. The van der Waals surface area contributed by atoms with Gasteiger partial charge in [-0.15, -0.1) is 6.42 Å². The van der Waals surface area contributed by atoms with Gasteiger partial charge in [-0.3, -0.25) is 0 Å². The van der Waals surface area contributed by atoms with E-state index < -0.39 is 12.0 Å². The molecular weight excluding hydrogens is 206 g/mol. The molecule has 0 aromatic heterocycles. The predicted octanol–water partition coefficient (Wildman–Crippen LogP) is 1.10. The highest BCUT2D eigenvalue weighted by atomic mass is 16.4. The SMILES string of the molecule is C#CC(CO)Nc1ccc(C(=O)O)c(C)c1. The fourth-order valence-corrected chi connectivity index (χ4v) is 1.33. The van der Waals surface area contributed by atoms with E-state index >= 15 is 0 Å². The number of hydrogen-bond donors (Lipinski definition) is 3. The number of aryl methyl sites for hydroxylation is 1. The van der Waals surface area contributed by atoms with Crippen molar-refractivity contribution in [1.82, 2.24) is 0 Å². The Kier molecular flexibility index (Phi) is 3.92. The van der Waals surface area contributed by atoms with Gasteiger partial charge in [0, 0.05) is 5.69 Å². The third kappa shape index (κ3) is 2.75. The molecular formula is C12H13NO3. The summed E-state index contributed by atoms with van der Waals surface area (Å²) < 4.78 is 0. The van der Waals surface area contributed by atoms with Crippen molar-refractivity contribution in [3.05, 3.63) is 29.3 Å². The van der Waals surface area contributed by atoms with Crippen molar-refractivity contribution in [2.75, 3.05) is 11.9 Å². The van der Waals surface area contributed by atoms with Gasteiger partial charge in [0.25, 0.3) is 0 Å². The van der Waals surface area contributed by atoms with Crippen LogP contribution in [0.5, 0.6) is 0 Å². The molecule has 0 saturated heterocycles. The second kappa shape index (κ2) is 5.19. The maximum atomic E-state index is 10.8. The van der Waals surface area contributed by atoms with Gasteiger partial charge < -0.3 is 15.5 Å². The van der Waals surface area contributed by atoms with Gasteiger partial charge in [-0.05, 0) is 30.7 Å². The minimum absolute atomic E-state index is 0.170. The highest BCUT2D eigenvalue weighted by Crippen LogP contribution is 2.15. The van der Waals surface area contributed by atoms with Crippen LogP contribution in [0.3, 0.4) is 0 Å². The molecule has 0 saturated carbocycles. The molecule has 4 heteroatoms. The van der Waals surface area contributed by atoms with Crippen LogP contribution in [0.25, 0.3) is 0 Å². The largest absolute Gasteiger partial charge is 0.478 e. The van der Waals surface area contributed by atoms with E-state index in [1.54, 1.807) is 19.1 Å². The second-order valence-corrected chi connectivity index (χ2v) is 3.38. The number of nitrogens with one attached hydrogen (secondary N) is 1. The van der Waals surface area contributed by atoms with E-state index in [1.165, 1.54) is 6.07 Å². The second-order valence-electron chi connectivity index (χ2n) is 3.38. The van der Waals surface area contributed by atoms with Gasteiger partial charge in [0.15, 0.2) is 0 Å². The maximum absolute atomic E-state index is 10.8. The van der Waals surface area contributed by atoms with Crippen LogP contribution < -0.4 is 5.32 Å². The van der Waals surface area contributed by atoms with Gasteiger partial charge in [0.05, 0.1) is 12.2 Å². The van der Waals surface area contributed by atoms with Gasteiger partial charge in [0.2, 0.25) is 0 Å². The molecule has 0 spiro atoms. The minimum Gasteiger partial charge on any atom is -0.478 e. The van der Waals surface area contributed by atoms with Crippen LogP contribution in [-0.4, -0.2) is 28.8 Å². The number of hydrogen-bond acceptors (Lipinski definition) is 3. The number of benzene rings is 1. The van der Waals surface area contributed by atoms with Crippen molar-refractivity contribution in [3.8, 4) is 12.3 Å². The summed E-state index contributed by atoms with van der Waals surface area (Å²) in [5, 5.41) is 20.6. The number of aromatic carboxylic acids is 1. The fraction of sp³-hybridized carbons (Fsp3) is 0.250. The Balaban J connectivity index is 2.90. The Morgan fingerprint density at radius 2 is 2.31 bits per heavy atom. The first kappa shape index (κ1) is 12.1. The van der Waals surface area contributed by atoms with Crippen molar-refractivity contribution in [1.29, 1.82) is 0 Å². The monoisotopic (exact) mass is 219 g/mol. The lowest BCUT2D eigenvalue weighted by atomic mass is 10.1. The molecule has 0 amide bonds. The first-order chi connectivity index (χ1) is 7.58. The van der Waals surface area contributed by atoms with E-state index in [4.69, 9.17) is 16.6 Å². The van der Waals surface area contributed by atoms with Crippen LogP contribution in [0, 0.1) is 19.3 Å². The van der Waals surface area contributed by atoms with Gasteiger partial charge in [-0.1, -0.05) is 5.92 Å². The average Bonchev–Trinajstić information content (AvgIpc) is 2.25. The van der Waals surface area contributed by atoms with Crippen molar-refractivity contribution in [2.24, 2.45) is 0 Å². The summed E-state index contributed by atoms with van der Waals surface area (Å²) in [6, 6.07) is 4.35. The molecule has 1 rings (SSSR count). The number of terminal acetylenes is 1. The molecule has 4 nitrogen and oxygen atoms in total. The van der Waals surface area contributed by atoms with E-state index in [1.807, 2.05) is 0 Å². The van der Waals surface area contributed by atoms with E-state index in [2.05, 4.69) is 11.2 Å². The number of carboxylic acids is 1. The smallest absolute Gasteiger partial charge is 0.335 e. The van der Waals surface area contributed by atoms with Crippen LogP contribution in [-0.2, 0) is 0 Å². The van der Waals surface area contributed by atoms with Crippen molar-refractivity contribution >= 4 is 11.7 Å². The third-order valence-corrected chi connectivity index (χ3v) is 2.18. The summed E-state index contributed by atoms with van der Waals surface area (Å²) in [7, 11) is 0. The zero-order valence-electron chi connectivity index (χ0n) is 8.90. The number of anilines is 1. The van der Waals surface area contributed by atoms with Gasteiger partial charge >= 0.3 is 5.97 Å². The Labute approximate surface area is 93.9 Å². The summed E-state index contributed by atoms with van der Waals surface area (Å²) in [6.07, 6.45) is 5.18. The summed E-state index contributed by atoms with van der Waals surface area (Å²) in [5.41, 5.74) is 1.59. The van der Waals surface area contributed by atoms with Crippen molar-refractivity contribution in [3.63, 3.8) is 0 Å². The lowest BCUT2D eigenvalue weighted by Gasteiger charge is -2.12. The van der Waals surface area contributed by atoms with Gasteiger partial charge in [-0.2, -0.15) is 0 Å². The molecule has 84 valence electrons. The number of aliphatic hydroxyl groups is 1. The Bertz CT molecular complexity index is 434. The lowest BCUT2D eigenvalue weighted by molar-refractivity contribution is 0.0696. The van der Waals surface area contributed by atoms with Gasteiger partial charge in [0.1, 0.15) is 6.04 Å². The molecule has 1 atom stereocenters. The normalized spacial score (nSPS) is 11.6. The molecule has 1 unspecified atom stereocenters. The average molecular weight is 219 g/mol. The molecule has 0 aliphatic carbocycles. The Hall–Kier alpha value is -1.99. The summed E-state index contributed by atoms with van der Waals surface area (Å²) >= 11 is 0. The molecule has 1 aromatic carbocycles. The lowest BCUT2D eigenvalue weighted by Crippen LogP contribution is -2.21. The van der Waals surface area contributed by atoms with E-state index in [-0.39, 0.29) is 12.2 Å². The number of carbonyl (C=O) groups is 1. The molecule has 0 aliphatic rings. The number of carboxylic acid groups (broad SMARTS) is 1. The van der Waals surface area contributed by atoms with Gasteiger partial charge in [-0.25, -0.2) is 4.79 Å². The maximum Gasteiger partial charge on any atom is 0.335 e. The topological polar surface area (TPSA) is 69.6 Å². The standard InChI is InChI=1S/C12H13NO3/c1-3-9(7-14)13-10-4-5-11(12(15)16)8(2)6-10/h1,4-6,9,13-14H,7H2,2H3,(H,15,16). The van der Waals surface area contributed by atoms with E-state index in [0.29, 0.717) is 11.3 Å². The summed E-state index contributed by atoms with van der Waals surface area (Å²) in [4.78, 5) is 10.8. The molecule has 3 N–H and O–H groups in total. The first-order valence-electron chi connectivity index (χ1n) is 4.76. The molecule has 0 bridgehead atoms. The fourth-order valence-electron chi connectivity index (χ4n) is 1.33. The van der Waals surface area contributed by atoms with E-state index in [9.17, 15) is 4.79 Å². The summed E-state index contributed by atoms with van der Waals surface area (Å²) in [6.45, 7) is 1.54. The van der Waals surface area contributed by atoms with Crippen LogP contribution in [0.2, 0.25) is 0 Å². The summed E-state index contributed by atoms with van der Waals surface area (Å²) in [5.74, 6) is 1.42. The molecule has 16 heavy (non-hydrogen) atoms. The molecule has 0 heterocycles. The highest BCUT2D eigenvalue weighted by molar-refractivity contribution is 5.89. The highest BCUT2D eigenvalue weighted by Gasteiger charge is 2.08. The first-order valence-corrected chi connectivity index (χ1v) is 4.76. The Morgan fingerprint density at radius 1 is 1.62 bits per heavy atom. The third-order valence-electron chi connectivity index (χ3n) is 2.18. The number of aliphatic hydroxyl groups excluding tert-OH is 1. The quantitative estimate of drug-likeness (QED) is 0.663.